The van der Waals surface area contributed by atoms with Crippen molar-refractivity contribution in [2.45, 2.75) is 52.6 Å². The summed E-state index contributed by atoms with van der Waals surface area (Å²) in [7, 11) is 0. The van der Waals surface area contributed by atoms with E-state index in [2.05, 4.69) is 32.4 Å². The molecule has 4 rings (SSSR count). The number of hydrogen-bond acceptors (Lipinski definition) is 4. The maximum Gasteiger partial charge on any atom is 0.222 e. The second-order valence-electron chi connectivity index (χ2n) is 7.75. The molecule has 1 aliphatic rings. The van der Waals surface area contributed by atoms with Crippen molar-refractivity contribution in [3.05, 3.63) is 45.5 Å². The first-order chi connectivity index (χ1) is 12.9. The number of amides is 1. The number of benzene rings is 1. The van der Waals surface area contributed by atoms with Crippen LogP contribution in [0.4, 0.5) is 5.69 Å². The van der Waals surface area contributed by atoms with Crippen LogP contribution in [0.25, 0.3) is 10.9 Å². The van der Waals surface area contributed by atoms with Crippen molar-refractivity contribution < 1.29 is 4.79 Å². The van der Waals surface area contributed by atoms with Gasteiger partial charge in [0, 0.05) is 39.6 Å². The SMILES string of the molecule is Cc1nc(Cn2c3c(c4cc(N)ccc42)CC(NC(=O)C(C)C)CC3)cs1. The lowest BCUT2D eigenvalue weighted by Crippen LogP contribution is -2.41. The lowest BCUT2D eigenvalue weighted by atomic mass is 9.91. The van der Waals surface area contributed by atoms with Crippen LogP contribution in [0.2, 0.25) is 0 Å². The molecule has 6 heteroatoms. The number of carbonyl (C=O) groups is 1. The standard InChI is InChI=1S/C21H26N4OS/c1-12(2)21(26)24-15-5-7-20-18(9-15)17-8-14(22)4-6-19(17)25(20)10-16-11-27-13(3)23-16/h4,6,8,11-12,15H,5,7,9-10,22H2,1-3H3,(H,24,26). The van der Waals surface area contributed by atoms with E-state index in [0.29, 0.717) is 0 Å². The fourth-order valence-electron chi connectivity index (χ4n) is 3.98. The number of anilines is 1. The molecule has 1 unspecified atom stereocenters. The molecule has 2 heterocycles. The number of nitrogen functional groups attached to an aromatic ring is 1. The summed E-state index contributed by atoms with van der Waals surface area (Å²) in [4.78, 5) is 16.8. The zero-order valence-corrected chi connectivity index (χ0v) is 16.9. The average Bonchev–Trinajstić information content (AvgIpc) is 3.17. The lowest BCUT2D eigenvalue weighted by Gasteiger charge is -2.25. The number of hydrogen-bond donors (Lipinski definition) is 2. The molecule has 0 bridgehead atoms. The predicted molar refractivity (Wildman–Crippen MR) is 111 cm³/mol. The maximum atomic E-state index is 12.1. The van der Waals surface area contributed by atoms with Gasteiger partial charge in [0.25, 0.3) is 0 Å². The summed E-state index contributed by atoms with van der Waals surface area (Å²) in [6, 6.07) is 6.34. The molecule has 1 aliphatic carbocycles. The highest BCUT2D eigenvalue weighted by molar-refractivity contribution is 7.09. The van der Waals surface area contributed by atoms with Gasteiger partial charge in [-0.2, -0.15) is 0 Å². The number of nitrogens with one attached hydrogen (secondary N) is 1. The topological polar surface area (TPSA) is 72.9 Å². The molecule has 2 aromatic heterocycles. The van der Waals surface area contributed by atoms with Crippen molar-refractivity contribution >= 4 is 33.8 Å². The van der Waals surface area contributed by atoms with Crippen LogP contribution in [0.3, 0.4) is 0 Å². The van der Waals surface area contributed by atoms with E-state index in [1.165, 1.54) is 22.2 Å². The zero-order chi connectivity index (χ0) is 19.1. The summed E-state index contributed by atoms with van der Waals surface area (Å²) in [5.41, 5.74) is 11.9. The number of aromatic nitrogens is 2. The number of carbonyl (C=O) groups excluding carboxylic acids is 1. The number of aryl methyl sites for hydroxylation is 1. The van der Waals surface area contributed by atoms with E-state index in [4.69, 9.17) is 5.73 Å². The third-order valence-corrected chi connectivity index (χ3v) is 6.17. The van der Waals surface area contributed by atoms with Crippen LogP contribution in [0, 0.1) is 12.8 Å². The van der Waals surface area contributed by atoms with Crippen molar-refractivity contribution in [2.75, 3.05) is 5.73 Å². The Labute approximate surface area is 163 Å². The van der Waals surface area contributed by atoms with Crippen LogP contribution in [0.15, 0.2) is 23.6 Å². The first kappa shape index (κ1) is 18.0. The number of nitrogens with two attached hydrogens (primary N) is 1. The third-order valence-electron chi connectivity index (χ3n) is 5.35. The fourth-order valence-corrected chi connectivity index (χ4v) is 4.59. The van der Waals surface area contributed by atoms with Gasteiger partial charge in [-0.25, -0.2) is 4.98 Å². The van der Waals surface area contributed by atoms with E-state index in [1.807, 2.05) is 26.8 Å². The van der Waals surface area contributed by atoms with Crippen molar-refractivity contribution in [3.8, 4) is 0 Å². The van der Waals surface area contributed by atoms with Crippen LogP contribution in [0.5, 0.6) is 0 Å². The third kappa shape index (κ3) is 3.46. The van der Waals surface area contributed by atoms with Gasteiger partial charge in [-0.05, 0) is 49.9 Å². The first-order valence-corrected chi connectivity index (χ1v) is 10.4. The Bertz CT molecular complexity index is 1000. The maximum absolute atomic E-state index is 12.1. The molecular formula is C21H26N4OS. The molecule has 142 valence electrons. The van der Waals surface area contributed by atoms with Gasteiger partial charge in [0.2, 0.25) is 5.91 Å². The van der Waals surface area contributed by atoms with Crippen molar-refractivity contribution in [1.29, 1.82) is 0 Å². The summed E-state index contributed by atoms with van der Waals surface area (Å²) >= 11 is 1.69. The highest BCUT2D eigenvalue weighted by atomic mass is 32.1. The number of thiazole rings is 1. The molecular weight excluding hydrogens is 356 g/mol. The van der Waals surface area contributed by atoms with Crippen molar-refractivity contribution in [2.24, 2.45) is 5.92 Å². The van der Waals surface area contributed by atoms with E-state index in [0.717, 1.165) is 42.2 Å². The molecule has 5 nitrogen and oxygen atoms in total. The molecule has 0 fully saturated rings. The van der Waals surface area contributed by atoms with Gasteiger partial charge in [-0.3, -0.25) is 4.79 Å². The smallest absolute Gasteiger partial charge is 0.222 e. The second-order valence-corrected chi connectivity index (χ2v) is 8.81. The predicted octanol–water partition coefficient (Wildman–Crippen LogP) is 3.67. The molecule has 0 aliphatic heterocycles. The molecule has 0 saturated heterocycles. The lowest BCUT2D eigenvalue weighted by molar-refractivity contribution is -0.124. The van der Waals surface area contributed by atoms with Crippen LogP contribution >= 0.6 is 11.3 Å². The average molecular weight is 383 g/mol. The van der Waals surface area contributed by atoms with Gasteiger partial charge in [-0.1, -0.05) is 13.8 Å². The Morgan fingerprint density at radius 3 is 2.96 bits per heavy atom. The van der Waals surface area contributed by atoms with Gasteiger partial charge in [0.15, 0.2) is 0 Å². The van der Waals surface area contributed by atoms with E-state index in [1.54, 1.807) is 11.3 Å². The van der Waals surface area contributed by atoms with Gasteiger partial charge >= 0.3 is 0 Å². The molecule has 0 spiro atoms. The highest BCUT2D eigenvalue weighted by Gasteiger charge is 2.27. The normalized spacial score (nSPS) is 16.7. The molecule has 0 radical (unpaired) electrons. The van der Waals surface area contributed by atoms with Crippen LogP contribution in [-0.4, -0.2) is 21.5 Å². The summed E-state index contributed by atoms with van der Waals surface area (Å²) < 4.78 is 2.39. The molecule has 3 N–H and O–H groups in total. The summed E-state index contributed by atoms with van der Waals surface area (Å²) in [6.45, 7) is 6.70. The van der Waals surface area contributed by atoms with Crippen molar-refractivity contribution in [3.63, 3.8) is 0 Å². The van der Waals surface area contributed by atoms with E-state index in [-0.39, 0.29) is 17.9 Å². The van der Waals surface area contributed by atoms with Crippen LogP contribution in [0.1, 0.15) is 42.2 Å². The molecule has 3 aromatic rings. The molecule has 1 amide bonds. The minimum atomic E-state index is 0.0105. The van der Waals surface area contributed by atoms with Crippen LogP contribution < -0.4 is 11.1 Å². The van der Waals surface area contributed by atoms with Gasteiger partial charge < -0.3 is 15.6 Å². The Balaban J connectivity index is 1.73. The van der Waals surface area contributed by atoms with E-state index < -0.39 is 0 Å². The van der Waals surface area contributed by atoms with Gasteiger partial charge in [0.05, 0.1) is 17.2 Å². The van der Waals surface area contributed by atoms with Crippen molar-refractivity contribution in [1.82, 2.24) is 14.9 Å². The second kappa shape index (κ2) is 7.00. The molecule has 1 atom stereocenters. The minimum absolute atomic E-state index is 0.0105. The number of nitrogens with zero attached hydrogens (tertiary/aromatic N) is 2. The fraction of sp³-hybridized carbons (Fsp3) is 0.429. The van der Waals surface area contributed by atoms with Gasteiger partial charge in [0.1, 0.15) is 0 Å². The molecule has 27 heavy (non-hydrogen) atoms. The highest BCUT2D eigenvalue weighted by Crippen LogP contribution is 2.34. The number of rotatable bonds is 4. The quantitative estimate of drug-likeness (QED) is 0.676. The molecule has 1 aromatic carbocycles. The minimum Gasteiger partial charge on any atom is -0.399 e. The summed E-state index contributed by atoms with van der Waals surface area (Å²) in [5, 5.41) is 7.65. The monoisotopic (exact) mass is 382 g/mol. The largest absolute Gasteiger partial charge is 0.399 e. The summed E-state index contributed by atoms with van der Waals surface area (Å²) in [5.74, 6) is 0.140. The van der Waals surface area contributed by atoms with E-state index in [9.17, 15) is 4.79 Å². The zero-order valence-electron chi connectivity index (χ0n) is 16.1. The van der Waals surface area contributed by atoms with Crippen LogP contribution in [-0.2, 0) is 24.2 Å². The Morgan fingerprint density at radius 2 is 2.26 bits per heavy atom. The Kier molecular flexibility index (Phi) is 4.68. The summed E-state index contributed by atoms with van der Waals surface area (Å²) in [6.07, 6.45) is 2.78. The van der Waals surface area contributed by atoms with E-state index >= 15 is 0 Å². The Hall–Kier alpha value is -2.34. The molecule has 0 saturated carbocycles. The number of fused-ring (bicyclic) bond motifs is 3. The Morgan fingerprint density at radius 1 is 1.44 bits per heavy atom. The van der Waals surface area contributed by atoms with Gasteiger partial charge in [-0.15, -0.1) is 11.3 Å². The first-order valence-electron chi connectivity index (χ1n) is 9.53.